The summed E-state index contributed by atoms with van der Waals surface area (Å²) in [6.07, 6.45) is 1.23. The summed E-state index contributed by atoms with van der Waals surface area (Å²) in [5.41, 5.74) is 0.638. The van der Waals surface area contributed by atoms with Gasteiger partial charge < -0.3 is 5.32 Å². The van der Waals surface area contributed by atoms with E-state index in [1.54, 1.807) is 6.92 Å². The summed E-state index contributed by atoms with van der Waals surface area (Å²) in [7, 11) is -3.09. The Morgan fingerprint density at radius 1 is 1.32 bits per heavy atom. The normalized spacial score (nSPS) is 17.0. The molecule has 126 valence electrons. The number of piperazine rings is 1. The Labute approximate surface area is 140 Å². The molecule has 1 amide bonds. The molecule has 0 atom stereocenters. The van der Waals surface area contributed by atoms with Crippen LogP contribution in [0.5, 0.6) is 0 Å². The fourth-order valence-electron chi connectivity index (χ4n) is 2.13. The summed E-state index contributed by atoms with van der Waals surface area (Å²) in [4.78, 5) is 14.5. The lowest BCUT2D eigenvalue weighted by atomic mass is 10.3. The van der Waals surface area contributed by atoms with Crippen molar-refractivity contribution in [3.8, 4) is 0 Å². The molecule has 1 fully saturated rings. The zero-order valence-electron chi connectivity index (χ0n) is 12.5. The molecule has 1 aromatic heterocycles. The molecular formula is C11H20ClN5O3S2. The van der Waals surface area contributed by atoms with E-state index >= 15 is 0 Å². The highest BCUT2D eigenvalue weighted by molar-refractivity contribution is 7.88. The van der Waals surface area contributed by atoms with Crippen molar-refractivity contribution >= 4 is 39.9 Å². The highest BCUT2D eigenvalue weighted by Gasteiger charge is 2.23. The van der Waals surface area contributed by atoms with Crippen LogP contribution < -0.4 is 5.32 Å². The van der Waals surface area contributed by atoms with Crippen molar-refractivity contribution in [2.45, 2.75) is 6.92 Å². The second-order valence-electron chi connectivity index (χ2n) is 4.95. The van der Waals surface area contributed by atoms with Gasteiger partial charge >= 0.3 is 0 Å². The van der Waals surface area contributed by atoms with E-state index in [1.807, 2.05) is 0 Å². The molecule has 0 bridgehead atoms. The highest BCUT2D eigenvalue weighted by Crippen LogP contribution is 2.08. The highest BCUT2D eigenvalue weighted by atomic mass is 35.5. The molecule has 8 nitrogen and oxygen atoms in total. The van der Waals surface area contributed by atoms with Crippen LogP contribution in [-0.2, 0) is 10.0 Å². The maximum Gasteiger partial charge on any atom is 0.264 e. The number of halogens is 1. The number of rotatable bonds is 5. The van der Waals surface area contributed by atoms with Crippen molar-refractivity contribution in [3.63, 3.8) is 0 Å². The molecule has 11 heteroatoms. The van der Waals surface area contributed by atoms with Crippen molar-refractivity contribution in [3.05, 3.63) is 10.6 Å². The van der Waals surface area contributed by atoms with Gasteiger partial charge in [-0.15, -0.1) is 17.5 Å². The van der Waals surface area contributed by atoms with E-state index in [-0.39, 0.29) is 18.3 Å². The first-order chi connectivity index (χ1) is 9.88. The van der Waals surface area contributed by atoms with Gasteiger partial charge in [0.05, 0.1) is 11.9 Å². The third kappa shape index (κ3) is 5.13. The zero-order valence-corrected chi connectivity index (χ0v) is 14.9. The lowest BCUT2D eigenvalue weighted by molar-refractivity contribution is 0.0948. The summed E-state index contributed by atoms with van der Waals surface area (Å²) in [6.45, 7) is 5.36. The summed E-state index contributed by atoms with van der Waals surface area (Å²) in [5.74, 6) is -0.155. The smallest absolute Gasteiger partial charge is 0.264 e. The van der Waals surface area contributed by atoms with Crippen molar-refractivity contribution in [2.24, 2.45) is 0 Å². The molecule has 0 aliphatic carbocycles. The summed E-state index contributed by atoms with van der Waals surface area (Å²) >= 11 is 1.09. The number of nitrogens with one attached hydrogen (secondary N) is 1. The van der Waals surface area contributed by atoms with E-state index in [4.69, 9.17) is 0 Å². The number of amides is 1. The Hall–Kier alpha value is -0.810. The van der Waals surface area contributed by atoms with Crippen LogP contribution in [0.2, 0.25) is 0 Å². The standard InChI is InChI=1S/C11H19N5O3S2.ClH/c1-9-10(20-14-13-9)11(17)12-3-4-15-5-7-16(8-6-15)21(2,18)19;/h3-8H2,1-2H3,(H,12,17);1H. The number of hydrogen-bond donors (Lipinski definition) is 1. The predicted molar refractivity (Wildman–Crippen MR) is 87.1 cm³/mol. The quantitative estimate of drug-likeness (QED) is 0.757. The molecule has 0 unspecified atom stereocenters. The Bertz CT molecular complexity index is 599. The van der Waals surface area contributed by atoms with Gasteiger partial charge in [-0.25, -0.2) is 8.42 Å². The van der Waals surface area contributed by atoms with Crippen molar-refractivity contribution in [2.75, 3.05) is 45.5 Å². The van der Waals surface area contributed by atoms with Crippen molar-refractivity contribution in [1.82, 2.24) is 24.1 Å². The molecule has 0 radical (unpaired) electrons. The average Bonchev–Trinajstić information content (AvgIpc) is 2.84. The summed E-state index contributed by atoms with van der Waals surface area (Å²) in [6, 6.07) is 0. The average molecular weight is 370 g/mol. The van der Waals surface area contributed by atoms with E-state index in [0.29, 0.717) is 49.8 Å². The summed E-state index contributed by atoms with van der Waals surface area (Å²) in [5, 5.41) is 6.63. The van der Waals surface area contributed by atoms with Gasteiger partial charge in [0.1, 0.15) is 4.88 Å². The third-order valence-corrected chi connectivity index (χ3v) is 5.50. The van der Waals surface area contributed by atoms with Crippen molar-refractivity contribution < 1.29 is 13.2 Å². The molecule has 1 N–H and O–H groups in total. The number of aromatic nitrogens is 2. The van der Waals surface area contributed by atoms with E-state index in [1.165, 1.54) is 10.6 Å². The number of carbonyl (C=O) groups is 1. The first-order valence-electron chi connectivity index (χ1n) is 6.62. The van der Waals surface area contributed by atoms with E-state index in [9.17, 15) is 13.2 Å². The van der Waals surface area contributed by atoms with Gasteiger partial charge in [0.2, 0.25) is 10.0 Å². The predicted octanol–water partition coefficient (Wildman–Crippen LogP) is -0.425. The third-order valence-electron chi connectivity index (χ3n) is 3.37. The molecule has 1 aliphatic heterocycles. The Kier molecular flexibility index (Phi) is 7.13. The van der Waals surface area contributed by atoms with Crippen LogP contribution in [-0.4, -0.2) is 78.6 Å². The monoisotopic (exact) mass is 369 g/mol. The largest absolute Gasteiger partial charge is 0.350 e. The van der Waals surface area contributed by atoms with Gasteiger partial charge in [0.25, 0.3) is 5.91 Å². The SMILES string of the molecule is Cc1nnsc1C(=O)NCCN1CCN(S(C)(=O)=O)CC1.Cl. The van der Waals surface area contributed by atoms with Crippen molar-refractivity contribution in [1.29, 1.82) is 0 Å². The number of hydrogen-bond acceptors (Lipinski definition) is 7. The van der Waals surface area contributed by atoms with Gasteiger partial charge in [-0.05, 0) is 18.5 Å². The molecule has 0 spiro atoms. The molecule has 1 saturated heterocycles. The van der Waals surface area contributed by atoms with Crippen LogP contribution in [0.3, 0.4) is 0 Å². The molecule has 0 aromatic carbocycles. The molecular weight excluding hydrogens is 350 g/mol. The second-order valence-corrected chi connectivity index (χ2v) is 7.68. The Morgan fingerprint density at radius 3 is 2.45 bits per heavy atom. The van der Waals surface area contributed by atoms with Gasteiger partial charge in [-0.2, -0.15) is 4.31 Å². The van der Waals surface area contributed by atoms with E-state index in [0.717, 1.165) is 11.5 Å². The van der Waals surface area contributed by atoms with E-state index < -0.39 is 10.0 Å². The Morgan fingerprint density at radius 2 is 1.95 bits per heavy atom. The van der Waals surface area contributed by atoms with Crippen LogP contribution in [0.25, 0.3) is 0 Å². The topological polar surface area (TPSA) is 95.5 Å². The molecule has 2 heterocycles. The molecule has 1 aromatic rings. The van der Waals surface area contributed by atoms with Crippen LogP contribution in [0.4, 0.5) is 0 Å². The first kappa shape index (κ1) is 19.2. The second kappa shape index (κ2) is 8.16. The number of aryl methyl sites for hydroxylation is 1. The van der Waals surface area contributed by atoms with Crippen LogP contribution >= 0.6 is 23.9 Å². The Balaban J connectivity index is 0.00000242. The van der Waals surface area contributed by atoms with Crippen LogP contribution in [0, 0.1) is 6.92 Å². The molecule has 0 saturated carbocycles. The molecule has 2 rings (SSSR count). The maximum absolute atomic E-state index is 11.9. The van der Waals surface area contributed by atoms with E-state index in [2.05, 4.69) is 19.8 Å². The number of sulfonamides is 1. The van der Waals surface area contributed by atoms with Gasteiger partial charge in [-0.3, -0.25) is 9.69 Å². The first-order valence-corrected chi connectivity index (χ1v) is 9.24. The molecule has 1 aliphatic rings. The number of nitrogens with zero attached hydrogens (tertiary/aromatic N) is 4. The van der Waals surface area contributed by atoms with Crippen LogP contribution in [0.1, 0.15) is 15.4 Å². The van der Waals surface area contributed by atoms with Gasteiger partial charge in [0, 0.05) is 39.3 Å². The fraction of sp³-hybridized carbons (Fsp3) is 0.727. The minimum absolute atomic E-state index is 0. The van der Waals surface area contributed by atoms with Gasteiger partial charge in [0.15, 0.2) is 0 Å². The lowest BCUT2D eigenvalue weighted by Crippen LogP contribution is -2.49. The zero-order chi connectivity index (χ0) is 15.5. The molecule has 22 heavy (non-hydrogen) atoms. The minimum Gasteiger partial charge on any atom is -0.350 e. The van der Waals surface area contributed by atoms with Crippen LogP contribution in [0.15, 0.2) is 0 Å². The van der Waals surface area contributed by atoms with Gasteiger partial charge in [-0.1, -0.05) is 4.49 Å². The lowest BCUT2D eigenvalue weighted by Gasteiger charge is -2.33. The fourth-order valence-corrected chi connectivity index (χ4v) is 3.53. The summed E-state index contributed by atoms with van der Waals surface area (Å²) < 4.78 is 28.0. The number of carbonyl (C=O) groups excluding carboxylic acids is 1. The minimum atomic E-state index is -3.09. The maximum atomic E-state index is 11.9.